The second kappa shape index (κ2) is 7.75. The number of fused-ring (bicyclic) bond motifs is 2. The number of ether oxygens (including phenoxy) is 1. The molecule has 0 amide bonds. The fourth-order valence-electron chi connectivity index (χ4n) is 3.96. The number of nitrogens with zero attached hydrogens (tertiary/aromatic N) is 4. The van der Waals surface area contributed by atoms with Gasteiger partial charge in [0, 0.05) is 43.6 Å². The van der Waals surface area contributed by atoms with Gasteiger partial charge in [-0.2, -0.15) is 9.97 Å². The molecule has 1 aromatic carbocycles. The lowest BCUT2D eigenvalue weighted by Gasteiger charge is -2.27. The van der Waals surface area contributed by atoms with Crippen molar-refractivity contribution < 1.29 is 4.74 Å². The molecule has 1 fully saturated rings. The number of aromatic amines is 1. The smallest absolute Gasteiger partial charge is 0.229 e. The van der Waals surface area contributed by atoms with E-state index < -0.39 is 0 Å². The van der Waals surface area contributed by atoms with E-state index >= 15 is 0 Å². The molecule has 2 N–H and O–H groups in total. The molecular formula is C22H26N6O. The molecule has 5 rings (SSSR count). The third-order valence-corrected chi connectivity index (χ3v) is 5.45. The Hall–Kier alpha value is -3.06. The zero-order chi connectivity index (χ0) is 19.6. The molecule has 1 aliphatic rings. The highest BCUT2D eigenvalue weighted by molar-refractivity contribution is 5.89. The molecule has 0 unspecified atom stereocenters. The van der Waals surface area contributed by atoms with Crippen LogP contribution in [0.3, 0.4) is 0 Å². The molecule has 0 spiro atoms. The maximum atomic E-state index is 5.47. The van der Waals surface area contributed by atoms with Crippen molar-refractivity contribution in [1.82, 2.24) is 19.5 Å². The lowest BCUT2D eigenvalue weighted by atomic mass is 10.2. The van der Waals surface area contributed by atoms with Crippen LogP contribution in [-0.2, 0) is 11.3 Å². The van der Waals surface area contributed by atoms with E-state index in [0.29, 0.717) is 0 Å². The molecule has 0 atom stereocenters. The summed E-state index contributed by atoms with van der Waals surface area (Å²) in [4.78, 5) is 15.1. The van der Waals surface area contributed by atoms with Crippen LogP contribution in [0.25, 0.3) is 21.9 Å². The van der Waals surface area contributed by atoms with Gasteiger partial charge in [0.2, 0.25) is 5.95 Å². The molecule has 150 valence electrons. The van der Waals surface area contributed by atoms with Crippen molar-refractivity contribution in [3.63, 3.8) is 0 Å². The number of hydrogen-bond acceptors (Lipinski definition) is 5. The average Bonchev–Trinajstić information content (AvgIpc) is 3.34. The van der Waals surface area contributed by atoms with Crippen molar-refractivity contribution in [2.75, 3.05) is 43.1 Å². The molecule has 29 heavy (non-hydrogen) atoms. The number of H-pyrrole nitrogens is 1. The number of rotatable bonds is 6. The third kappa shape index (κ3) is 3.65. The van der Waals surface area contributed by atoms with Gasteiger partial charge in [-0.25, -0.2) is 0 Å². The van der Waals surface area contributed by atoms with Crippen molar-refractivity contribution in [3.8, 4) is 0 Å². The molecule has 4 heterocycles. The largest absolute Gasteiger partial charge is 0.378 e. The molecule has 0 saturated carbocycles. The van der Waals surface area contributed by atoms with Crippen LogP contribution in [0, 0.1) is 6.92 Å². The Kier molecular flexibility index (Phi) is 4.81. The summed E-state index contributed by atoms with van der Waals surface area (Å²) in [6.45, 7) is 6.97. The van der Waals surface area contributed by atoms with Gasteiger partial charge >= 0.3 is 0 Å². The summed E-state index contributed by atoms with van der Waals surface area (Å²) < 4.78 is 7.78. The summed E-state index contributed by atoms with van der Waals surface area (Å²) in [7, 11) is 0. The van der Waals surface area contributed by atoms with Crippen molar-refractivity contribution in [3.05, 3.63) is 48.3 Å². The molecule has 7 nitrogen and oxygen atoms in total. The first-order valence-electron chi connectivity index (χ1n) is 10.3. The molecule has 7 heteroatoms. The molecule has 0 radical (unpaired) electrons. The van der Waals surface area contributed by atoms with E-state index in [1.165, 1.54) is 10.9 Å². The van der Waals surface area contributed by atoms with Gasteiger partial charge in [0.1, 0.15) is 11.5 Å². The van der Waals surface area contributed by atoms with Crippen LogP contribution in [0.4, 0.5) is 11.8 Å². The summed E-state index contributed by atoms with van der Waals surface area (Å²) in [5.74, 6) is 1.67. The number of aryl methyl sites for hydroxylation is 2. The lowest BCUT2D eigenvalue weighted by molar-refractivity contribution is 0.122. The highest BCUT2D eigenvalue weighted by Gasteiger charge is 2.17. The Morgan fingerprint density at radius 2 is 2.00 bits per heavy atom. The average molecular weight is 390 g/mol. The van der Waals surface area contributed by atoms with Crippen LogP contribution in [-0.4, -0.2) is 52.4 Å². The molecule has 4 aromatic rings. The number of hydrogen-bond donors (Lipinski definition) is 2. The van der Waals surface area contributed by atoms with Gasteiger partial charge in [0.05, 0.1) is 18.6 Å². The van der Waals surface area contributed by atoms with Gasteiger partial charge in [-0.05, 0) is 36.9 Å². The first-order valence-corrected chi connectivity index (χ1v) is 10.3. The van der Waals surface area contributed by atoms with Crippen molar-refractivity contribution in [2.24, 2.45) is 0 Å². The number of nitrogens with one attached hydrogen (secondary N) is 2. The van der Waals surface area contributed by atoms with Gasteiger partial charge in [-0.15, -0.1) is 0 Å². The van der Waals surface area contributed by atoms with Crippen LogP contribution in [0.15, 0.2) is 42.6 Å². The van der Waals surface area contributed by atoms with Crippen LogP contribution >= 0.6 is 0 Å². The molecule has 0 aliphatic carbocycles. The fraction of sp³-hybridized carbons (Fsp3) is 0.364. The third-order valence-electron chi connectivity index (χ3n) is 5.45. The summed E-state index contributed by atoms with van der Waals surface area (Å²) in [5.41, 5.74) is 3.26. The summed E-state index contributed by atoms with van der Waals surface area (Å²) in [6.07, 6.45) is 3.18. The predicted molar refractivity (Wildman–Crippen MR) is 117 cm³/mol. The van der Waals surface area contributed by atoms with Crippen molar-refractivity contribution in [1.29, 1.82) is 0 Å². The lowest BCUT2D eigenvalue weighted by Crippen LogP contribution is -2.37. The molecule has 1 aliphatic heterocycles. The molecule has 3 aromatic heterocycles. The fourth-order valence-corrected chi connectivity index (χ4v) is 3.96. The normalized spacial score (nSPS) is 14.7. The number of benzene rings is 1. The Balaban J connectivity index is 1.31. The summed E-state index contributed by atoms with van der Waals surface area (Å²) in [6, 6.07) is 12.8. The molecule has 0 bridgehead atoms. The van der Waals surface area contributed by atoms with E-state index in [1.54, 1.807) is 0 Å². The SMILES string of the molecule is Cc1cc2c(NCCCn3ccc4ccccc43)nc(N3CCOCC3)nc2[nH]1. The van der Waals surface area contributed by atoms with Crippen molar-refractivity contribution in [2.45, 2.75) is 19.9 Å². The topological polar surface area (TPSA) is 71.0 Å². The Labute approximate surface area is 169 Å². The zero-order valence-electron chi connectivity index (χ0n) is 16.7. The van der Waals surface area contributed by atoms with Crippen LogP contribution in [0.5, 0.6) is 0 Å². The zero-order valence-corrected chi connectivity index (χ0v) is 16.7. The summed E-state index contributed by atoms with van der Waals surface area (Å²) >= 11 is 0. The van der Waals surface area contributed by atoms with Gasteiger partial charge in [0.25, 0.3) is 0 Å². The Bertz CT molecular complexity index is 1120. The van der Waals surface area contributed by atoms with Crippen LogP contribution in [0.2, 0.25) is 0 Å². The van der Waals surface area contributed by atoms with E-state index in [9.17, 15) is 0 Å². The second-order valence-corrected chi connectivity index (χ2v) is 7.53. The van der Waals surface area contributed by atoms with E-state index in [1.807, 2.05) is 0 Å². The minimum absolute atomic E-state index is 0.721. The number of aromatic nitrogens is 4. The van der Waals surface area contributed by atoms with Gasteiger partial charge in [-0.3, -0.25) is 0 Å². The minimum atomic E-state index is 0.721. The number of para-hydroxylation sites is 1. The standard InChI is InChI=1S/C22H26N6O/c1-16-15-18-20(25-22(26-21(18)24-16)28-11-13-29-14-12-28)23-8-4-9-27-10-7-17-5-2-3-6-19(17)27/h2-3,5-7,10,15H,4,8-9,11-14H2,1H3,(H2,23,24,25,26). The van der Waals surface area contributed by atoms with Gasteiger partial charge in [0.15, 0.2) is 0 Å². The maximum Gasteiger partial charge on any atom is 0.229 e. The predicted octanol–water partition coefficient (Wildman–Crippen LogP) is 3.56. The number of anilines is 2. The van der Waals surface area contributed by atoms with E-state index in [-0.39, 0.29) is 0 Å². The van der Waals surface area contributed by atoms with Gasteiger partial charge in [-0.1, -0.05) is 18.2 Å². The summed E-state index contributed by atoms with van der Waals surface area (Å²) in [5, 5.41) is 5.88. The second-order valence-electron chi connectivity index (χ2n) is 7.53. The van der Waals surface area contributed by atoms with Gasteiger partial charge < -0.3 is 24.5 Å². The molecule has 1 saturated heterocycles. The van der Waals surface area contributed by atoms with Crippen LogP contribution < -0.4 is 10.2 Å². The quantitative estimate of drug-likeness (QED) is 0.493. The monoisotopic (exact) mass is 390 g/mol. The minimum Gasteiger partial charge on any atom is -0.378 e. The Morgan fingerprint density at radius 1 is 1.14 bits per heavy atom. The van der Waals surface area contributed by atoms with Crippen LogP contribution in [0.1, 0.15) is 12.1 Å². The van der Waals surface area contributed by atoms with E-state index in [4.69, 9.17) is 14.7 Å². The maximum absolute atomic E-state index is 5.47. The highest BCUT2D eigenvalue weighted by atomic mass is 16.5. The Morgan fingerprint density at radius 3 is 2.90 bits per heavy atom. The number of morpholine rings is 1. The molecular weight excluding hydrogens is 364 g/mol. The van der Waals surface area contributed by atoms with E-state index in [0.717, 1.165) is 74.3 Å². The highest BCUT2D eigenvalue weighted by Crippen LogP contribution is 2.25. The first kappa shape index (κ1) is 18.0. The van der Waals surface area contributed by atoms with E-state index in [2.05, 4.69) is 69.3 Å². The first-order chi connectivity index (χ1) is 14.3. The van der Waals surface area contributed by atoms with Crippen molar-refractivity contribution >= 4 is 33.7 Å².